The predicted octanol–water partition coefficient (Wildman–Crippen LogP) is 1.25. The Bertz CT molecular complexity index is 594. The molecule has 0 saturated heterocycles. The summed E-state index contributed by atoms with van der Waals surface area (Å²) in [6.45, 7) is 0. The van der Waals surface area contributed by atoms with Gasteiger partial charge in [0.05, 0.1) is 16.4 Å². The number of benzene rings is 1. The number of halogens is 1. The van der Waals surface area contributed by atoms with E-state index < -0.39 is 4.92 Å². The van der Waals surface area contributed by atoms with Gasteiger partial charge in [-0.1, -0.05) is 10.3 Å². The van der Waals surface area contributed by atoms with Gasteiger partial charge in [-0.05, 0) is 6.07 Å². The van der Waals surface area contributed by atoms with E-state index in [1.165, 1.54) is 18.2 Å². The third kappa shape index (κ3) is 2.11. The topological polar surface area (TPSA) is 128 Å². The van der Waals surface area contributed by atoms with Gasteiger partial charge in [0.25, 0.3) is 5.69 Å². The lowest BCUT2D eigenvalue weighted by atomic mass is 10.2. The number of nitro groups is 1. The number of aromatic nitrogens is 1. The number of oxime groups is 1. The van der Waals surface area contributed by atoms with Crippen LogP contribution in [-0.4, -0.2) is 21.1 Å². The summed E-state index contributed by atoms with van der Waals surface area (Å²) in [4.78, 5) is 9.95. The van der Waals surface area contributed by atoms with Crippen molar-refractivity contribution in [3.63, 3.8) is 0 Å². The average Bonchev–Trinajstić information content (AvgIpc) is 2.70. The van der Waals surface area contributed by atoms with Crippen LogP contribution in [0, 0.1) is 10.1 Å². The van der Waals surface area contributed by atoms with Gasteiger partial charge >= 0.3 is 0 Å². The van der Waals surface area contributed by atoms with Crippen LogP contribution in [0.4, 0.5) is 5.69 Å². The number of amidine groups is 1. The predicted molar refractivity (Wildman–Crippen MR) is 60.4 cm³/mol. The molecule has 3 N–H and O–H groups in total. The molecule has 2 aromatic rings. The molecule has 0 fully saturated rings. The first-order chi connectivity index (χ1) is 7.63. The molecule has 0 atom stereocenters. The molecule has 1 aromatic heterocycles. The van der Waals surface area contributed by atoms with E-state index in [4.69, 9.17) is 15.5 Å². The standard InChI is InChI=1S/C8H6N4O4.ClH/c9-8(10-13)7-5-2-1-4(12(14)15)3-6(5)16-11-7;/h1-3,13H,(H2,9,10);1H. The van der Waals surface area contributed by atoms with Crippen LogP contribution in [0.1, 0.15) is 5.69 Å². The highest BCUT2D eigenvalue weighted by molar-refractivity contribution is 6.06. The highest BCUT2D eigenvalue weighted by Crippen LogP contribution is 2.23. The second-order valence-electron chi connectivity index (χ2n) is 2.95. The van der Waals surface area contributed by atoms with Gasteiger partial charge in [0.2, 0.25) is 0 Å². The van der Waals surface area contributed by atoms with Crippen LogP contribution in [0.25, 0.3) is 11.0 Å². The molecule has 17 heavy (non-hydrogen) atoms. The Morgan fingerprint density at radius 1 is 1.59 bits per heavy atom. The Hall–Kier alpha value is -2.35. The van der Waals surface area contributed by atoms with E-state index in [2.05, 4.69) is 10.3 Å². The van der Waals surface area contributed by atoms with Crippen LogP contribution >= 0.6 is 12.4 Å². The van der Waals surface area contributed by atoms with Gasteiger partial charge in [-0.25, -0.2) is 0 Å². The van der Waals surface area contributed by atoms with Crippen molar-refractivity contribution in [3.8, 4) is 0 Å². The van der Waals surface area contributed by atoms with Gasteiger partial charge in [-0.3, -0.25) is 10.1 Å². The second-order valence-corrected chi connectivity index (χ2v) is 2.95. The van der Waals surface area contributed by atoms with Gasteiger partial charge in [0.15, 0.2) is 17.1 Å². The smallest absolute Gasteiger partial charge is 0.273 e. The van der Waals surface area contributed by atoms with Gasteiger partial charge in [0, 0.05) is 6.07 Å². The van der Waals surface area contributed by atoms with Crippen molar-refractivity contribution < 1.29 is 14.7 Å². The average molecular weight is 259 g/mol. The summed E-state index contributed by atoms with van der Waals surface area (Å²) in [6.07, 6.45) is 0. The lowest BCUT2D eigenvalue weighted by molar-refractivity contribution is -0.384. The fraction of sp³-hybridized carbons (Fsp3) is 0. The van der Waals surface area contributed by atoms with Crippen LogP contribution in [0.3, 0.4) is 0 Å². The Kier molecular flexibility index (Phi) is 3.49. The van der Waals surface area contributed by atoms with Crippen molar-refractivity contribution in [1.82, 2.24) is 5.16 Å². The summed E-state index contributed by atoms with van der Waals surface area (Å²) in [5.74, 6) is -0.215. The third-order valence-corrected chi connectivity index (χ3v) is 2.02. The number of non-ortho nitro benzene ring substituents is 1. The number of nitro benzene ring substituents is 1. The first-order valence-electron chi connectivity index (χ1n) is 4.15. The first-order valence-corrected chi connectivity index (χ1v) is 4.15. The highest BCUT2D eigenvalue weighted by atomic mass is 35.5. The Morgan fingerprint density at radius 3 is 2.88 bits per heavy atom. The molecule has 1 aromatic carbocycles. The lowest BCUT2D eigenvalue weighted by Gasteiger charge is -1.92. The van der Waals surface area contributed by atoms with E-state index in [9.17, 15) is 10.1 Å². The second kappa shape index (κ2) is 4.66. The van der Waals surface area contributed by atoms with E-state index in [1.807, 2.05) is 0 Å². The molecule has 0 aliphatic rings. The molecule has 8 nitrogen and oxygen atoms in total. The summed E-state index contributed by atoms with van der Waals surface area (Å²) in [5.41, 5.74) is 5.58. The van der Waals surface area contributed by atoms with E-state index >= 15 is 0 Å². The molecule has 0 bridgehead atoms. The number of fused-ring (bicyclic) bond motifs is 1. The monoisotopic (exact) mass is 258 g/mol. The van der Waals surface area contributed by atoms with Crippen LogP contribution < -0.4 is 5.73 Å². The Balaban J connectivity index is 0.00000144. The van der Waals surface area contributed by atoms with Crippen LogP contribution in [0.2, 0.25) is 0 Å². The summed E-state index contributed by atoms with van der Waals surface area (Å²) in [5, 5.41) is 25.8. The van der Waals surface area contributed by atoms with Gasteiger partial charge < -0.3 is 15.5 Å². The molecule has 0 unspecified atom stereocenters. The fourth-order valence-corrected chi connectivity index (χ4v) is 1.27. The highest BCUT2D eigenvalue weighted by Gasteiger charge is 2.15. The molecule has 0 amide bonds. The SMILES string of the molecule is Cl.NC(=NO)c1noc2cc([N+](=O)[O-])ccc12. The quantitative estimate of drug-likeness (QED) is 0.274. The zero-order valence-corrected chi connectivity index (χ0v) is 9.05. The molecule has 1 heterocycles. The van der Waals surface area contributed by atoms with Gasteiger partial charge in [-0.2, -0.15) is 0 Å². The van der Waals surface area contributed by atoms with Gasteiger partial charge in [-0.15, -0.1) is 12.4 Å². The summed E-state index contributed by atoms with van der Waals surface area (Å²) in [6, 6.07) is 3.93. The van der Waals surface area contributed by atoms with E-state index in [1.54, 1.807) is 0 Å². The lowest BCUT2D eigenvalue weighted by Crippen LogP contribution is -2.13. The number of nitrogens with zero attached hydrogens (tertiary/aromatic N) is 3. The van der Waals surface area contributed by atoms with E-state index in [0.29, 0.717) is 5.39 Å². The maximum atomic E-state index is 10.5. The summed E-state index contributed by atoms with van der Waals surface area (Å²) < 4.78 is 4.84. The summed E-state index contributed by atoms with van der Waals surface area (Å²) >= 11 is 0. The molecule has 0 aliphatic carbocycles. The van der Waals surface area contributed by atoms with Crippen molar-refractivity contribution in [2.45, 2.75) is 0 Å². The Labute approximate surface area is 100 Å². The van der Waals surface area contributed by atoms with Crippen molar-refractivity contribution in [2.75, 3.05) is 0 Å². The van der Waals surface area contributed by atoms with Crippen LogP contribution in [0.15, 0.2) is 27.9 Å². The minimum Gasteiger partial charge on any atom is -0.409 e. The van der Waals surface area contributed by atoms with Crippen molar-refractivity contribution in [2.24, 2.45) is 10.9 Å². The molecule has 90 valence electrons. The zero-order chi connectivity index (χ0) is 11.7. The number of hydrogen-bond acceptors (Lipinski definition) is 6. The molecule has 9 heteroatoms. The van der Waals surface area contributed by atoms with Gasteiger partial charge in [0.1, 0.15) is 0 Å². The number of hydrogen-bond donors (Lipinski definition) is 2. The van der Waals surface area contributed by atoms with Crippen LogP contribution in [-0.2, 0) is 0 Å². The van der Waals surface area contributed by atoms with Crippen LogP contribution in [0.5, 0.6) is 0 Å². The minimum atomic E-state index is -0.550. The maximum absolute atomic E-state index is 10.5. The zero-order valence-electron chi connectivity index (χ0n) is 8.23. The Morgan fingerprint density at radius 2 is 2.29 bits per heavy atom. The molecular weight excluding hydrogens is 252 g/mol. The molecule has 0 saturated carbocycles. The third-order valence-electron chi connectivity index (χ3n) is 2.02. The molecule has 0 radical (unpaired) electrons. The number of nitrogens with two attached hydrogens (primary N) is 1. The summed E-state index contributed by atoms with van der Waals surface area (Å²) in [7, 11) is 0. The molecule has 0 aliphatic heterocycles. The van der Waals surface area contributed by atoms with E-state index in [0.717, 1.165) is 0 Å². The van der Waals surface area contributed by atoms with Crippen molar-refractivity contribution in [3.05, 3.63) is 34.0 Å². The maximum Gasteiger partial charge on any atom is 0.273 e. The molecular formula is C8H7ClN4O4. The molecule has 0 spiro atoms. The molecule has 2 rings (SSSR count). The minimum absolute atomic E-state index is 0. The number of rotatable bonds is 2. The normalized spacial score (nSPS) is 11.2. The first kappa shape index (κ1) is 12.7. The largest absolute Gasteiger partial charge is 0.409 e. The van der Waals surface area contributed by atoms with Crippen molar-refractivity contribution >= 4 is 34.9 Å². The fourth-order valence-electron chi connectivity index (χ4n) is 1.27. The van der Waals surface area contributed by atoms with Crippen molar-refractivity contribution in [1.29, 1.82) is 0 Å². The van der Waals surface area contributed by atoms with E-state index in [-0.39, 0.29) is 35.2 Å².